The summed E-state index contributed by atoms with van der Waals surface area (Å²) < 4.78 is 0. The number of hydrogen-bond acceptors (Lipinski definition) is 5. The van der Waals surface area contributed by atoms with E-state index in [9.17, 15) is 14.7 Å². The molecule has 2 aliphatic heterocycles. The third-order valence-corrected chi connectivity index (χ3v) is 17.7. The summed E-state index contributed by atoms with van der Waals surface area (Å²) in [4.78, 5) is 24.3. The van der Waals surface area contributed by atoms with Crippen molar-refractivity contribution in [2.45, 2.75) is 148 Å². The van der Waals surface area contributed by atoms with Gasteiger partial charge in [-0.05, 0) is 166 Å². The molecule has 0 bridgehead atoms. The van der Waals surface area contributed by atoms with Crippen LogP contribution >= 0.6 is 11.8 Å². The summed E-state index contributed by atoms with van der Waals surface area (Å²) in [5, 5.41) is 26.4. The van der Waals surface area contributed by atoms with Crippen LogP contribution in [0.1, 0.15) is 144 Å². The van der Waals surface area contributed by atoms with Crippen LogP contribution in [0.25, 0.3) is 5.57 Å². The van der Waals surface area contributed by atoms with Gasteiger partial charge in [-0.15, -0.1) is 0 Å². The number of rotatable bonds is 6. The molecular formula is C53H73NO5S. The summed E-state index contributed by atoms with van der Waals surface area (Å²) >= 11 is 1.91. The number of carboxylic acid groups (broad SMARTS) is 2. The Morgan fingerprint density at radius 2 is 1.38 bits per heavy atom. The van der Waals surface area contributed by atoms with E-state index in [0.717, 1.165) is 18.3 Å². The number of aliphatic hydroxyl groups is 1. The molecule has 1 saturated heterocycles. The zero-order chi connectivity index (χ0) is 43.6. The standard InChI is InChI=1S/C30H50O.C19H19NS.C4H4O4/c1-20(2)10-9-11-21(3)22-14-18-30(8)24-12-13-25-27(4,5)26(31)16-17-28(25,6)23(24)15-19-29(22,30)7;1-20-12-10-14(11-13-20)19-15-6-2-4-8-17(15)21-18-9-5-3-7-16(18)19;5-3(6)1-2-4(7)8/h10,21-22,25-26,31H,9,11-19H2,1-8H3;2-9H,10-13H2,1H3;1-2H,(H,5,6)(H,7,8). The summed E-state index contributed by atoms with van der Waals surface area (Å²) in [6.45, 7) is 22.0. The number of fused-ring (bicyclic) bond motifs is 6. The number of carboxylic acids is 2. The molecule has 326 valence electrons. The monoisotopic (exact) mass is 836 g/mol. The van der Waals surface area contributed by atoms with Crippen LogP contribution in [0.3, 0.4) is 0 Å². The Balaban J connectivity index is 0.000000179. The van der Waals surface area contributed by atoms with E-state index in [1.54, 1.807) is 5.57 Å². The van der Waals surface area contributed by atoms with Crippen LogP contribution < -0.4 is 0 Å². The fourth-order valence-corrected chi connectivity index (χ4v) is 14.0. The Morgan fingerprint density at radius 1 is 0.800 bits per heavy atom. The van der Waals surface area contributed by atoms with Crippen LogP contribution in [0.5, 0.6) is 0 Å². The van der Waals surface area contributed by atoms with Crippen molar-refractivity contribution >= 4 is 29.3 Å². The summed E-state index contributed by atoms with van der Waals surface area (Å²) in [6, 6.07) is 17.7. The predicted octanol–water partition coefficient (Wildman–Crippen LogP) is 12.9. The van der Waals surface area contributed by atoms with Crippen molar-refractivity contribution in [3.63, 3.8) is 0 Å². The van der Waals surface area contributed by atoms with Crippen LogP contribution in [0.15, 0.2) is 98.8 Å². The number of piperidine rings is 1. The zero-order valence-electron chi connectivity index (χ0n) is 38.1. The van der Waals surface area contributed by atoms with Gasteiger partial charge in [0.1, 0.15) is 0 Å². The molecule has 2 saturated carbocycles. The maximum atomic E-state index is 10.8. The van der Waals surface area contributed by atoms with E-state index in [4.69, 9.17) is 10.2 Å². The second-order valence-corrected chi connectivity index (χ2v) is 21.5. The highest BCUT2D eigenvalue weighted by molar-refractivity contribution is 7.99. The normalized spacial score (nSPS) is 30.9. The molecular weight excluding hydrogens is 763 g/mol. The number of benzene rings is 2. The second-order valence-electron chi connectivity index (χ2n) is 20.5. The molecule has 0 spiro atoms. The number of aliphatic hydroxyl groups excluding tert-OH is 1. The van der Waals surface area contributed by atoms with Crippen LogP contribution in [-0.2, 0) is 9.59 Å². The Labute approximate surface area is 365 Å². The third kappa shape index (κ3) is 9.06. The lowest BCUT2D eigenvalue weighted by molar-refractivity contribution is -0.134. The summed E-state index contributed by atoms with van der Waals surface area (Å²) in [5.74, 6) is -0.192. The van der Waals surface area contributed by atoms with Gasteiger partial charge in [0.05, 0.1) is 6.10 Å². The number of carbonyl (C=O) groups is 2. The van der Waals surface area contributed by atoms with Gasteiger partial charge in [0.15, 0.2) is 0 Å². The Kier molecular flexibility index (Phi) is 14.2. The van der Waals surface area contributed by atoms with Crippen molar-refractivity contribution < 1.29 is 24.9 Å². The van der Waals surface area contributed by atoms with Crippen LogP contribution in [0, 0.1) is 39.4 Å². The minimum atomic E-state index is -1.26. The fourth-order valence-electron chi connectivity index (χ4n) is 12.9. The van der Waals surface area contributed by atoms with E-state index in [0.29, 0.717) is 34.3 Å². The molecule has 0 aromatic heterocycles. The first-order valence-corrected chi connectivity index (χ1v) is 23.6. The zero-order valence-corrected chi connectivity index (χ0v) is 38.9. The molecule has 8 rings (SSSR count). The Bertz CT molecular complexity index is 1970. The molecule has 6 nitrogen and oxygen atoms in total. The quantitative estimate of drug-likeness (QED) is 0.168. The predicted molar refractivity (Wildman–Crippen MR) is 247 cm³/mol. The lowest BCUT2D eigenvalue weighted by Gasteiger charge is -2.62. The molecule has 4 aliphatic carbocycles. The minimum absolute atomic E-state index is 0.0465. The van der Waals surface area contributed by atoms with Crippen molar-refractivity contribution in [3.05, 3.63) is 100 Å². The highest BCUT2D eigenvalue weighted by atomic mass is 32.2. The smallest absolute Gasteiger partial charge is 0.328 e. The molecule has 6 aliphatic rings. The number of hydrogen-bond donors (Lipinski definition) is 3. The summed E-state index contributed by atoms with van der Waals surface area (Å²) in [5.41, 5.74) is 12.4. The van der Waals surface area contributed by atoms with Gasteiger partial charge in [0.2, 0.25) is 0 Å². The molecule has 60 heavy (non-hydrogen) atoms. The van der Waals surface area contributed by atoms with Crippen LogP contribution in [-0.4, -0.2) is 58.4 Å². The molecule has 2 aromatic rings. The van der Waals surface area contributed by atoms with Crippen molar-refractivity contribution in [3.8, 4) is 0 Å². The Hall–Kier alpha value is -3.39. The van der Waals surface area contributed by atoms with Gasteiger partial charge < -0.3 is 20.2 Å². The third-order valence-electron chi connectivity index (χ3n) is 16.5. The van der Waals surface area contributed by atoms with Gasteiger partial charge in [-0.25, -0.2) is 9.59 Å². The number of allylic oxidation sites excluding steroid dienone is 4. The fraction of sp³-hybridized carbons (Fsp3) is 0.585. The molecule has 3 fully saturated rings. The summed E-state index contributed by atoms with van der Waals surface area (Å²) in [7, 11) is 2.22. The molecule has 3 N–H and O–H groups in total. The van der Waals surface area contributed by atoms with E-state index < -0.39 is 11.9 Å². The van der Waals surface area contributed by atoms with Gasteiger partial charge in [0, 0.05) is 35.0 Å². The van der Waals surface area contributed by atoms with Gasteiger partial charge in [-0.2, -0.15) is 0 Å². The molecule has 0 radical (unpaired) electrons. The van der Waals surface area contributed by atoms with E-state index in [-0.39, 0.29) is 11.5 Å². The molecule has 7 unspecified atom stereocenters. The first kappa shape index (κ1) is 46.1. The van der Waals surface area contributed by atoms with Gasteiger partial charge in [0.25, 0.3) is 0 Å². The SMILES string of the molecule is CC(C)=CCCC(C)C1CCC2(C)C3=C(CCC12C)C1(C)CCC(O)C(C)(C)C1CC3.CN1CCC(=C2c3ccccc3Sc3ccccc32)CC1.O=C(O)C=CC(=O)O. The van der Waals surface area contributed by atoms with E-state index >= 15 is 0 Å². The molecule has 2 heterocycles. The van der Waals surface area contributed by atoms with Gasteiger partial charge >= 0.3 is 11.9 Å². The van der Waals surface area contributed by atoms with Crippen LogP contribution in [0.4, 0.5) is 0 Å². The van der Waals surface area contributed by atoms with Crippen molar-refractivity contribution in [2.24, 2.45) is 39.4 Å². The molecule has 7 atom stereocenters. The number of likely N-dealkylation sites (tertiary alicyclic amines) is 1. The minimum Gasteiger partial charge on any atom is -0.478 e. The van der Waals surface area contributed by atoms with E-state index in [2.05, 4.69) is 122 Å². The highest BCUT2D eigenvalue weighted by Gasteiger charge is 2.63. The maximum absolute atomic E-state index is 10.8. The van der Waals surface area contributed by atoms with Crippen LogP contribution in [0.2, 0.25) is 0 Å². The first-order valence-electron chi connectivity index (χ1n) is 22.8. The van der Waals surface area contributed by atoms with Gasteiger partial charge in [-0.3, -0.25) is 0 Å². The largest absolute Gasteiger partial charge is 0.478 e. The molecule has 2 aromatic carbocycles. The van der Waals surface area contributed by atoms with Crippen molar-refractivity contribution in [2.75, 3.05) is 20.1 Å². The number of aliphatic carboxylic acids is 2. The lowest BCUT2D eigenvalue weighted by atomic mass is 9.43. The average Bonchev–Trinajstić information content (AvgIpc) is 3.49. The topological polar surface area (TPSA) is 98.1 Å². The van der Waals surface area contributed by atoms with E-state index in [1.807, 2.05) is 22.9 Å². The van der Waals surface area contributed by atoms with Crippen molar-refractivity contribution in [1.82, 2.24) is 4.90 Å². The Morgan fingerprint density at radius 3 is 1.95 bits per heavy atom. The summed E-state index contributed by atoms with van der Waals surface area (Å²) in [6.07, 6.45) is 18.7. The molecule has 7 heteroatoms. The maximum Gasteiger partial charge on any atom is 0.328 e. The first-order chi connectivity index (χ1) is 28.3. The lowest BCUT2D eigenvalue weighted by Crippen LogP contribution is -2.55. The molecule has 0 amide bonds. The van der Waals surface area contributed by atoms with Crippen molar-refractivity contribution in [1.29, 1.82) is 0 Å². The highest BCUT2D eigenvalue weighted by Crippen LogP contribution is 2.72. The van der Waals surface area contributed by atoms with Gasteiger partial charge in [-0.1, -0.05) is 118 Å². The number of nitrogens with zero attached hydrogens (tertiary/aromatic N) is 1. The average molecular weight is 836 g/mol. The van der Waals surface area contributed by atoms with E-state index in [1.165, 1.54) is 116 Å². The second kappa shape index (κ2) is 18.5.